The van der Waals surface area contributed by atoms with E-state index in [4.69, 9.17) is 9.47 Å². The normalized spacial score (nSPS) is 18.8. The van der Waals surface area contributed by atoms with E-state index in [0.29, 0.717) is 25.4 Å². The average molecular weight is 275 g/mol. The molecule has 0 aliphatic carbocycles. The summed E-state index contributed by atoms with van der Waals surface area (Å²) in [6, 6.07) is 5.98. The lowest BCUT2D eigenvalue weighted by Crippen LogP contribution is -2.31. The molecule has 3 rings (SSSR count). The minimum Gasteiger partial charge on any atom is -0.486 e. The molecule has 2 aliphatic rings. The number of carbonyl (C=O) groups excluding carboxylic acids is 1. The molecule has 0 spiro atoms. The van der Waals surface area contributed by atoms with Crippen molar-refractivity contribution in [1.29, 1.82) is 0 Å². The number of rotatable bonds is 4. The first-order valence-electron chi connectivity index (χ1n) is 7.45. The number of nitrogens with one attached hydrogen (secondary N) is 1. The molecule has 0 radical (unpaired) electrons. The van der Waals surface area contributed by atoms with E-state index in [-0.39, 0.29) is 5.92 Å². The molecular weight excluding hydrogens is 254 g/mol. The SMILES string of the molecule is O=C(CCc1ccc2c(c1)OCCO2)C1CCNCC1. The average Bonchev–Trinajstić information content (AvgIpc) is 2.53. The summed E-state index contributed by atoms with van der Waals surface area (Å²) in [5.41, 5.74) is 1.15. The molecule has 1 N–H and O–H groups in total. The summed E-state index contributed by atoms with van der Waals surface area (Å²) in [7, 11) is 0. The van der Waals surface area contributed by atoms with Crippen molar-refractivity contribution >= 4 is 5.78 Å². The van der Waals surface area contributed by atoms with Crippen molar-refractivity contribution in [3.63, 3.8) is 0 Å². The van der Waals surface area contributed by atoms with Gasteiger partial charge in [-0.25, -0.2) is 0 Å². The predicted octanol–water partition coefficient (Wildman–Crippen LogP) is 1.96. The molecule has 0 unspecified atom stereocenters. The Hall–Kier alpha value is -1.55. The molecule has 0 aromatic heterocycles. The number of piperidine rings is 1. The van der Waals surface area contributed by atoms with E-state index in [9.17, 15) is 4.79 Å². The highest BCUT2D eigenvalue weighted by molar-refractivity contribution is 5.81. The Labute approximate surface area is 119 Å². The summed E-state index contributed by atoms with van der Waals surface area (Å²) < 4.78 is 11.1. The minimum absolute atomic E-state index is 0.258. The third kappa shape index (κ3) is 3.12. The Bertz CT molecular complexity index is 481. The van der Waals surface area contributed by atoms with Crippen LogP contribution in [0.2, 0.25) is 0 Å². The van der Waals surface area contributed by atoms with Crippen molar-refractivity contribution < 1.29 is 14.3 Å². The Balaban J connectivity index is 1.56. The van der Waals surface area contributed by atoms with E-state index < -0.39 is 0 Å². The van der Waals surface area contributed by atoms with E-state index in [0.717, 1.165) is 49.4 Å². The summed E-state index contributed by atoms with van der Waals surface area (Å²) in [5, 5.41) is 3.29. The molecule has 4 nitrogen and oxygen atoms in total. The van der Waals surface area contributed by atoms with Crippen LogP contribution in [0.3, 0.4) is 0 Å². The van der Waals surface area contributed by atoms with Crippen LogP contribution in [-0.4, -0.2) is 32.1 Å². The van der Waals surface area contributed by atoms with E-state index in [1.807, 2.05) is 18.2 Å². The number of Topliss-reactive ketones (excluding diaryl/α,β-unsaturated/α-hetero) is 1. The number of fused-ring (bicyclic) bond motifs is 1. The zero-order chi connectivity index (χ0) is 13.8. The molecule has 1 saturated heterocycles. The number of ether oxygens (including phenoxy) is 2. The summed E-state index contributed by atoms with van der Waals surface area (Å²) in [5.74, 6) is 2.28. The fourth-order valence-corrected chi connectivity index (χ4v) is 2.86. The zero-order valence-electron chi connectivity index (χ0n) is 11.7. The molecule has 1 aromatic carbocycles. The van der Waals surface area contributed by atoms with Gasteiger partial charge >= 0.3 is 0 Å². The highest BCUT2D eigenvalue weighted by Gasteiger charge is 2.20. The first-order chi connectivity index (χ1) is 9.83. The molecular formula is C16H21NO3. The van der Waals surface area contributed by atoms with Crippen molar-refractivity contribution in [1.82, 2.24) is 5.32 Å². The van der Waals surface area contributed by atoms with Crippen LogP contribution in [-0.2, 0) is 11.2 Å². The van der Waals surface area contributed by atoms with Gasteiger partial charge in [0.1, 0.15) is 19.0 Å². The minimum atomic E-state index is 0.258. The van der Waals surface area contributed by atoms with Crippen LogP contribution in [0.1, 0.15) is 24.8 Å². The molecule has 2 heterocycles. The van der Waals surface area contributed by atoms with Crippen molar-refractivity contribution in [2.24, 2.45) is 5.92 Å². The number of benzene rings is 1. The van der Waals surface area contributed by atoms with Gasteiger partial charge in [-0.1, -0.05) is 6.07 Å². The van der Waals surface area contributed by atoms with Gasteiger partial charge in [-0.05, 0) is 50.0 Å². The molecule has 0 amide bonds. The fraction of sp³-hybridized carbons (Fsp3) is 0.562. The quantitative estimate of drug-likeness (QED) is 0.912. The van der Waals surface area contributed by atoms with Crippen LogP contribution in [0.25, 0.3) is 0 Å². The monoisotopic (exact) mass is 275 g/mol. The lowest BCUT2D eigenvalue weighted by atomic mass is 9.90. The number of carbonyl (C=O) groups is 1. The summed E-state index contributed by atoms with van der Waals surface area (Å²) in [6.07, 6.45) is 3.39. The third-order valence-corrected chi connectivity index (χ3v) is 4.06. The lowest BCUT2D eigenvalue weighted by Gasteiger charge is -2.21. The van der Waals surface area contributed by atoms with Crippen LogP contribution in [0.5, 0.6) is 11.5 Å². The predicted molar refractivity (Wildman–Crippen MR) is 76.4 cm³/mol. The summed E-state index contributed by atoms with van der Waals surface area (Å²) in [4.78, 5) is 12.2. The van der Waals surface area contributed by atoms with Gasteiger partial charge in [0.25, 0.3) is 0 Å². The van der Waals surface area contributed by atoms with Gasteiger partial charge in [-0.3, -0.25) is 4.79 Å². The fourth-order valence-electron chi connectivity index (χ4n) is 2.86. The van der Waals surface area contributed by atoms with Gasteiger partial charge in [0, 0.05) is 12.3 Å². The van der Waals surface area contributed by atoms with E-state index in [1.165, 1.54) is 0 Å². The molecule has 1 fully saturated rings. The Morgan fingerprint density at radius 1 is 1.15 bits per heavy atom. The van der Waals surface area contributed by atoms with Gasteiger partial charge in [-0.15, -0.1) is 0 Å². The second-order valence-corrected chi connectivity index (χ2v) is 5.47. The van der Waals surface area contributed by atoms with Crippen LogP contribution in [0.15, 0.2) is 18.2 Å². The second kappa shape index (κ2) is 6.27. The Morgan fingerprint density at radius 2 is 1.90 bits per heavy atom. The van der Waals surface area contributed by atoms with Gasteiger partial charge in [0.05, 0.1) is 0 Å². The van der Waals surface area contributed by atoms with Crippen LogP contribution >= 0.6 is 0 Å². The van der Waals surface area contributed by atoms with Gasteiger partial charge in [0.15, 0.2) is 11.5 Å². The van der Waals surface area contributed by atoms with Gasteiger partial charge < -0.3 is 14.8 Å². The highest BCUT2D eigenvalue weighted by Crippen LogP contribution is 2.31. The number of ketones is 1. The molecule has 20 heavy (non-hydrogen) atoms. The summed E-state index contributed by atoms with van der Waals surface area (Å²) >= 11 is 0. The smallest absolute Gasteiger partial charge is 0.161 e. The van der Waals surface area contributed by atoms with Crippen LogP contribution in [0, 0.1) is 5.92 Å². The van der Waals surface area contributed by atoms with Crippen molar-refractivity contribution in [2.75, 3.05) is 26.3 Å². The maximum atomic E-state index is 12.2. The molecule has 108 valence electrons. The molecule has 0 saturated carbocycles. The molecule has 2 aliphatic heterocycles. The van der Waals surface area contributed by atoms with Crippen molar-refractivity contribution in [3.8, 4) is 11.5 Å². The van der Waals surface area contributed by atoms with Crippen LogP contribution in [0.4, 0.5) is 0 Å². The standard InChI is InChI=1S/C16H21NO3/c18-14(13-5-7-17-8-6-13)3-1-12-2-4-15-16(11-12)20-10-9-19-15/h2,4,11,13,17H,1,3,5-10H2. The topological polar surface area (TPSA) is 47.6 Å². The first-order valence-corrected chi connectivity index (χ1v) is 7.45. The largest absolute Gasteiger partial charge is 0.486 e. The van der Waals surface area contributed by atoms with Crippen molar-refractivity contribution in [3.05, 3.63) is 23.8 Å². The first kappa shape index (κ1) is 13.4. The number of hydrogen-bond donors (Lipinski definition) is 1. The maximum Gasteiger partial charge on any atom is 0.161 e. The lowest BCUT2D eigenvalue weighted by molar-refractivity contribution is -0.123. The number of hydrogen-bond acceptors (Lipinski definition) is 4. The van der Waals surface area contributed by atoms with E-state index >= 15 is 0 Å². The molecule has 4 heteroatoms. The molecule has 1 aromatic rings. The molecule has 0 bridgehead atoms. The second-order valence-electron chi connectivity index (χ2n) is 5.47. The third-order valence-electron chi connectivity index (χ3n) is 4.06. The van der Waals surface area contributed by atoms with Gasteiger partial charge in [0.2, 0.25) is 0 Å². The maximum absolute atomic E-state index is 12.2. The Morgan fingerprint density at radius 3 is 2.70 bits per heavy atom. The van der Waals surface area contributed by atoms with E-state index in [2.05, 4.69) is 5.32 Å². The van der Waals surface area contributed by atoms with Crippen LogP contribution < -0.4 is 14.8 Å². The van der Waals surface area contributed by atoms with E-state index in [1.54, 1.807) is 0 Å². The Kier molecular flexibility index (Phi) is 4.21. The zero-order valence-corrected chi connectivity index (χ0v) is 11.7. The highest BCUT2D eigenvalue weighted by atomic mass is 16.6. The summed E-state index contributed by atoms with van der Waals surface area (Å²) in [6.45, 7) is 3.16. The number of aryl methyl sites for hydroxylation is 1. The van der Waals surface area contributed by atoms with Crippen molar-refractivity contribution in [2.45, 2.75) is 25.7 Å². The van der Waals surface area contributed by atoms with Gasteiger partial charge in [-0.2, -0.15) is 0 Å². The molecule has 0 atom stereocenters.